The molecule has 1 aromatic carbocycles. The number of rotatable bonds is 5. The Morgan fingerprint density at radius 3 is 2.79 bits per heavy atom. The number of aromatic nitrogens is 3. The van der Waals surface area contributed by atoms with Gasteiger partial charge in [0.15, 0.2) is 5.76 Å². The molecule has 2 aromatic heterocycles. The van der Waals surface area contributed by atoms with Gasteiger partial charge in [-0.2, -0.15) is 5.10 Å². The summed E-state index contributed by atoms with van der Waals surface area (Å²) in [6.45, 7) is 2.56. The first-order valence-electron chi connectivity index (χ1n) is 11.6. The van der Waals surface area contributed by atoms with Crippen molar-refractivity contribution in [3.8, 4) is 11.3 Å². The van der Waals surface area contributed by atoms with E-state index < -0.39 is 5.92 Å². The first-order valence-corrected chi connectivity index (χ1v) is 11.6. The summed E-state index contributed by atoms with van der Waals surface area (Å²) in [6, 6.07) is 9.49. The van der Waals surface area contributed by atoms with Crippen LogP contribution in [0.2, 0.25) is 0 Å². The Balaban J connectivity index is 1.19. The zero-order valence-corrected chi connectivity index (χ0v) is 19.0. The van der Waals surface area contributed by atoms with E-state index in [-0.39, 0.29) is 18.2 Å². The van der Waals surface area contributed by atoms with E-state index in [4.69, 9.17) is 9.62 Å². The molecule has 5 rings (SSSR count). The van der Waals surface area contributed by atoms with Gasteiger partial charge in [-0.25, -0.2) is 0 Å². The lowest BCUT2D eigenvalue weighted by Crippen LogP contribution is -2.37. The summed E-state index contributed by atoms with van der Waals surface area (Å²) in [5.41, 5.74) is 4.58. The third kappa shape index (κ3) is 4.42. The zero-order valence-electron chi connectivity index (χ0n) is 19.0. The number of aryl methyl sites for hydroxylation is 2. The Kier molecular flexibility index (Phi) is 5.74. The lowest BCUT2D eigenvalue weighted by molar-refractivity contribution is -0.126. The highest BCUT2D eigenvalue weighted by atomic mass is 16.5. The molecule has 2 amide bonds. The Labute approximate surface area is 192 Å². The number of fused-ring (bicyclic) bond motifs is 1. The van der Waals surface area contributed by atoms with Crippen LogP contribution >= 0.6 is 0 Å². The summed E-state index contributed by atoms with van der Waals surface area (Å²) in [5, 5.41) is 14.7. The van der Waals surface area contributed by atoms with Crippen LogP contribution in [0, 0.1) is 12.8 Å². The van der Waals surface area contributed by atoms with Gasteiger partial charge in [0.1, 0.15) is 0 Å². The first kappa shape index (κ1) is 21.4. The number of carbonyl (C=O) groups excluding carboxylic acids is 2. The summed E-state index contributed by atoms with van der Waals surface area (Å²) in [6.07, 6.45) is 6.29. The second-order valence-corrected chi connectivity index (χ2v) is 9.29. The van der Waals surface area contributed by atoms with Gasteiger partial charge in [0.05, 0.1) is 22.9 Å². The number of amides is 2. The number of nitrogens with zero attached hydrogens (tertiary/aromatic N) is 3. The third-order valence-electron chi connectivity index (χ3n) is 6.87. The average molecular weight is 448 g/mol. The highest BCUT2D eigenvalue weighted by molar-refractivity contribution is 6.01. The Hall–Kier alpha value is -3.42. The molecule has 3 aromatic rings. The summed E-state index contributed by atoms with van der Waals surface area (Å²) in [7, 11) is 1.93. The maximum atomic E-state index is 12.9. The number of benzene rings is 1. The molecule has 8 heteroatoms. The second kappa shape index (κ2) is 8.84. The number of nitrogens with one attached hydrogen (secondary N) is 2. The van der Waals surface area contributed by atoms with Crippen molar-refractivity contribution in [2.75, 3.05) is 11.9 Å². The smallest absolute Gasteiger partial charge is 0.228 e. The summed E-state index contributed by atoms with van der Waals surface area (Å²) in [5.74, 6) is 0.967. The molecular formula is C25H29N5O3. The van der Waals surface area contributed by atoms with Gasteiger partial charge in [0, 0.05) is 43.9 Å². The van der Waals surface area contributed by atoms with Gasteiger partial charge in [0.25, 0.3) is 0 Å². The van der Waals surface area contributed by atoms with Crippen molar-refractivity contribution < 1.29 is 14.1 Å². The number of hydrogen-bond acceptors (Lipinski definition) is 5. The van der Waals surface area contributed by atoms with Crippen molar-refractivity contribution in [3.63, 3.8) is 0 Å². The van der Waals surface area contributed by atoms with Crippen LogP contribution in [-0.2, 0) is 16.6 Å². The Morgan fingerprint density at radius 1 is 1.24 bits per heavy atom. The summed E-state index contributed by atoms with van der Waals surface area (Å²) < 4.78 is 7.33. The quantitative estimate of drug-likeness (QED) is 0.618. The molecule has 1 saturated carbocycles. The normalized spacial score (nSPS) is 22.5. The molecule has 2 N–H and O–H groups in total. The van der Waals surface area contributed by atoms with E-state index in [0.717, 1.165) is 59.6 Å². The van der Waals surface area contributed by atoms with E-state index in [1.165, 1.54) is 0 Å². The van der Waals surface area contributed by atoms with E-state index in [9.17, 15) is 9.59 Å². The molecule has 8 nitrogen and oxygen atoms in total. The number of carbonyl (C=O) groups is 2. The predicted octanol–water partition coefficient (Wildman–Crippen LogP) is 3.90. The van der Waals surface area contributed by atoms with Crippen LogP contribution in [0.3, 0.4) is 0 Å². The maximum Gasteiger partial charge on any atom is 0.228 e. The molecule has 172 valence electrons. The van der Waals surface area contributed by atoms with Gasteiger partial charge in [-0.3, -0.25) is 14.3 Å². The van der Waals surface area contributed by atoms with E-state index in [1.54, 1.807) is 0 Å². The lowest BCUT2D eigenvalue weighted by Gasteiger charge is -2.29. The van der Waals surface area contributed by atoms with E-state index in [1.807, 2.05) is 55.2 Å². The topological polar surface area (TPSA) is 102 Å². The highest BCUT2D eigenvalue weighted by Crippen LogP contribution is 2.39. The molecule has 3 heterocycles. The first-order chi connectivity index (χ1) is 16.0. The van der Waals surface area contributed by atoms with Gasteiger partial charge in [-0.15, -0.1) is 0 Å². The largest absolute Gasteiger partial charge is 0.356 e. The van der Waals surface area contributed by atoms with Crippen LogP contribution in [-0.4, -0.2) is 33.3 Å². The third-order valence-corrected chi connectivity index (χ3v) is 6.87. The van der Waals surface area contributed by atoms with Crippen molar-refractivity contribution in [3.05, 3.63) is 53.5 Å². The molecular weight excluding hydrogens is 418 g/mol. The predicted molar refractivity (Wildman–Crippen MR) is 124 cm³/mol. The number of anilines is 1. The molecule has 1 fully saturated rings. The molecule has 2 aliphatic rings. The Morgan fingerprint density at radius 2 is 2.03 bits per heavy atom. The Bertz CT molecular complexity index is 1170. The van der Waals surface area contributed by atoms with Crippen LogP contribution in [0.25, 0.3) is 11.3 Å². The van der Waals surface area contributed by atoms with Crippen LogP contribution in [0.1, 0.15) is 60.9 Å². The van der Waals surface area contributed by atoms with Gasteiger partial charge < -0.3 is 15.2 Å². The minimum atomic E-state index is -0.423. The lowest BCUT2D eigenvalue weighted by atomic mass is 9.79. The minimum Gasteiger partial charge on any atom is -0.356 e. The van der Waals surface area contributed by atoms with Gasteiger partial charge in [0.2, 0.25) is 11.8 Å². The summed E-state index contributed by atoms with van der Waals surface area (Å²) in [4.78, 5) is 25.0. The van der Waals surface area contributed by atoms with Crippen molar-refractivity contribution >= 4 is 17.5 Å². The number of para-hydroxylation sites is 1. The van der Waals surface area contributed by atoms with Crippen molar-refractivity contribution in [2.24, 2.45) is 13.0 Å². The SMILES string of the molecule is Cc1cc(-c2cn(C)nc2C2CCC(CNC(=O)[C@H]3CC(=O)Nc4ccccc43)CC2)on1. The molecule has 1 aliphatic carbocycles. The van der Waals surface area contributed by atoms with Crippen LogP contribution in [0.5, 0.6) is 0 Å². The van der Waals surface area contributed by atoms with Gasteiger partial charge in [-0.05, 0) is 50.2 Å². The number of hydrogen-bond donors (Lipinski definition) is 2. The van der Waals surface area contributed by atoms with E-state index >= 15 is 0 Å². The molecule has 0 saturated heterocycles. The summed E-state index contributed by atoms with van der Waals surface area (Å²) >= 11 is 0. The molecule has 0 radical (unpaired) electrons. The molecule has 1 aliphatic heterocycles. The van der Waals surface area contributed by atoms with E-state index in [0.29, 0.717) is 18.4 Å². The van der Waals surface area contributed by atoms with Crippen LogP contribution in [0.15, 0.2) is 41.1 Å². The monoisotopic (exact) mass is 447 g/mol. The van der Waals surface area contributed by atoms with Crippen LogP contribution < -0.4 is 10.6 Å². The van der Waals surface area contributed by atoms with Gasteiger partial charge >= 0.3 is 0 Å². The zero-order chi connectivity index (χ0) is 22.9. The van der Waals surface area contributed by atoms with Crippen molar-refractivity contribution in [2.45, 2.75) is 50.9 Å². The molecule has 33 heavy (non-hydrogen) atoms. The molecule has 0 spiro atoms. The average Bonchev–Trinajstić information content (AvgIpc) is 3.42. The highest BCUT2D eigenvalue weighted by Gasteiger charge is 2.32. The fourth-order valence-electron chi connectivity index (χ4n) is 5.14. The fraction of sp³-hybridized carbons (Fsp3) is 0.440. The maximum absolute atomic E-state index is 12.9. The van der Waals surface area contributed by atoms with Crippen LogP contribution in [0.4, 0.5) is 5.69 Å². The molecule has 0 unspecified atom stereocenters. The fourth-order valence-corrected chi connectivity index (χ4v) is 5.14. The minimum absolute atomic E-state index is 0.0628. The molecule has 1 atom stereocenters. The van der Waals surface area contributed by atoms with Gasteiger partial charge in [-0.1, -0.05) is 23.4 Å². The standard InChI is InChI=1S/C25H29N5O3/c1-15-11-22(33-29-15)20-14-30(2)28-24(20)17-9-7-16(8-10-17)13-26-25(32)19-12-23(31)27-21-6-4-3-5-18(19)21/h3-6,11,14,16-17,19H,7-10,12-13H2,1-2H3,(H,26,32)(H,27,31)/t16?,17?,19-/m0/s1. The van der Waals surface area contributed by atoms with Crippen molar-refractivity contribution in [1.29, 1.82) is 0 Å². The molecule has 0 bridgehead atoms. The second-order valence-electron chi connectivity index (χ2n) is 9.29. The van der Waals surface area contributed by atoms with Crippen molar-refractivity contribution in [1.82, 2.24) is 20.3 Å². The van der Waals surface area contributed by atoms with E-state index in [2.05, 4.69) is 15.8 Å².